The highest BCUT2D eigenvalue weighted by atomic mass is 32.1. The highest BCUT2D eigenvalue weighted by Crippen LogP contribution is 2.36. The Kier molecular flexibility index (Phi) is 8.26. The summed E-state index contributed by atoms with van der Waals surface area (Å²) in [5.41, 5.74) is 2.45. The number of nitrogens with zero attached hydrogens (tertiary/aromatic N) is 2. The van der Waals surface area contributed by atoms with Gasteiger partial charge in [-0.1, -0.05) is 72.5 Å². The normalized spacial score (nSPS) is 14.7. The first kappa shape index (κ1) is 27.8. The lowest BCUT2D eigenvalue weighted by molar-refractivity contribution is -0.140. The van der Waals surface area contributed by atoms with Crippen molar-refractivity contribution in [2.45, 2.75) is 19.6 Å². The van der Waals surface area contributed by atoms with Gasteiger partial charge in [0, 0.05) is 0 Å². The molecular weight excluding hydrogens is 543 g/mol. The lowest BCUT2D eigenvalue weighted by atomic mass is 9.95. The van der Waals surface area contributed by atoms with Crippen molar-refractivity contribution >= 4 is 23.4 Å². The van der Waals surface area contributed by atoms with Crippen LogP contribution in [0.5, 0.6) is 11.5 Å². The highest BCUT2D eigenvalue weighted by Gasteiger charge is 2.34. The van der Waals surface area contributed by atoms with Gasteiger partial charge in [-0.2, -0.15) is 0 Å². The van der Waals surface area contributed by atoms with Crippen molar-refractivity contribution in [3.8, 4) is 11.5 Å². The van der Waals surface area contributed by atoms with Gasteiger partial charge in [-0.05, 0) is 54.0 Å². The third-order valence-corrected chi connectivity index (χ3v) is 7.47. The summed E-state index contributed by atoms with van der Waals surface area (Å²) in [7, 11) is 1.52. The van der Waals surface area contributed by atoms with E-state index in [1.807, 2.05) is 30.3 Å². The number of carbonyl (C=O) groups excluding carboxylic acids is 1. The van der Waals surface area contributed by atoms with E-state index < -0.39 is 12.0 Å². The molecule has 4 aromatic rings. The van der Waals surface area contributed by atoms with Gasteiger partial charge >= 0.3 is 5.97 Å². The Morgan fingerprint density at radius 3 is 2.56 bits per heavy atom. The number of hydrogen-bond acceptors (Lipinski definition) is 7. The first-order chi connectivity index (χ1) is 19.9. The van der Waals surface area contributed by atoms with Gasteiger partial charge in [0.1, 0.15) is 19.0 Å². The zero-order valence-electron chi connectivity index (χ0n) is 22.5. The average molecular weight is 571 g/mol. The summed E-state index contributed by atoms with van der Waals surface area (Å²) in [6.45, 7) is 5.75. The van der Waals surface area contributed by atoms with Gasteiger partial charge < -0.3 is 14.2 Å². The van der Waals surface area contributed by atoms with E-state index in [1.54, 1.807) is 49.4 Å². The topological polar surface area (TPSA) is 79.1 Å². The van der Waals surface area contributed by atoms with E-state index in [-0.39, 0.29) is 30.2 Å². The fraction of sp³-hybridized carbons (Fsp3) is 0.156. The molecule has 1 unspecified atom stereocenters. The predicted octanol–water partition coefficient (Wildman–Crippen LogP) is 4.69. The number of thiazole rings is 1. The van der Waals surface area contributed by atoms with E-state index in [0.29, 0.717) is 37.7 Å². The van der Waals surface area contributed by atoms with Crippen LogP contribution in [-0.4, -0.2) is 24.3 Å². The van der Waals surface area contributed by atoms with Gasteiger partial charge in [0.05, 0.1) is 29.0 Å². The van der Waals surface area contributed by atoms with Gasteiger partial charge in [-0.3, -0.25) is 9.36 Å². The summed E-state index contributed by atoms with van der Waals surface area (Å²) in [6.07, 6.45) is 3.30. The van der Waals surface area contributed by atoms with Gasteiger partial charge in [0.15, 0.2) is 16.3 Å². The van der Waals surface area contributed by atoms with E-state index in [4.69, 9.17) is 14.2 Å². The van der Waals surface area contributed by atoms with Crippen LogP contribution in [-0.2, 0) is 16.1 Å². The summed E-state index contributed by atoms with van der Waals surface area (Å²) in [5, 5.41) is 0. The molecule has 7 nitrogen and oxygen atoms in total. The molecule has 1 atom stereocenters. The number of carbonyl (C=O) groups is 1. The molecule has 5 rings (SSSR count). The molecule has 0 bridgehead atoms. The zero-order chi connectivity index (χ0) is 28.9. The smallest absolute Gasteiger partial charge is 0.338 e. The molecule has 1 aliphatic rings. The molecule has 0 N–H and O–H groups in total. The fourth-order valence-corrected chi connectivity index (χ4v) is 5.58. The minimum absolute atomic E-state index is 0.0653. The van der Waals surface area contributed by atoms with Crippen molar-refractivity contribution in [1.29, 1.82) is 0 Å². The van der Waals surface area contributed by atoms with Crippen LogP contribution in [0.3, 0.4) is 0 Å². The maximum atomic E-state index is 13.9. The van der Waals surface area contributed by atoms with Crippen molar-refractivity contribution in [3.63, 3.8) is 0 Å². The second-order valence-corrected chi connectivity index (χ2v) is 10.2. The van der Waals surface area contributed by atoms with Gasteiger partial charge in [-0.25, -0.2) is 14.2 Å². The highest BCUT2D eigenvalue weighted by molar-refractivity contribution is 7.07. The van der Waals surface area contributed by atoms with Crippen LogP contribution in [0.1, 0.15) is 29.7 Å². The van der Waals surface area contributed by atoms with E-state index in [1.165, 1.54) is 35.1 Å². The minimum Gasteiger partial charge on any atom is -0.493 e. The van der Waals surface area contributed by atoms with Crippen LogP contribution in [0.2, 0.25) is 0 Å². The second kappa shape index (κ2) is 12.2. The predicted molar refractivity (Wildman–Crippen MR) is 155 cm³/mol. The Balaban J connectivity index is 1.63. The van der Waals surface area contributed by atoms with Crippen LogP contribution < -0.4 is 24.4 Å². The fourth-order valence-electron chi connectivity index (χ4n) is 4.53. The molecule has 0 radical (unpaired) electrons. The molecule has 1 aromatic heterocycles. The van der Waals surface area contributed by atoms with E-state index in [2.05, 4.69) is 11.6 Å². The maximum Gasteiger partial charge on any atom is 0.338 e. The number of methoxy groups -OCH3 is 1. The molecule has 1 aliphatic heterocycles. The Labute approximate surface area is 239 Å². The Hall–Kier alpha value is -4.76. The van der Waals surface area contributed by atoms with Crippen LogP contribution in [0.15, 0.2) is 107 Å². The zero-order valence-corrected chi connectivity index (χ0v) is 23.3. The summed E-state index contributed by atoms with van der Waals surface area (Å²) in [5.74, 6) is -0.0237. The number of aromatic nitrogens is 1. The first-order valence-corrected chi connectivity index (χ1v) is 13.6. The minimum atomic E-state index is -0.841. The van der Waals surface area contributed by atoms with Gasteiger partial charge in [-0.15, -0.1) is 0 Å². The number of rotatable bonds is 9. The summed E-state index contributed by atoms with van der Waals surface area (Å²) in [4.78, 5) is 32.5. The van der Waals surface area contributed by atoms with Crippen LogP contribution in [0, 0.1) is 5.82 Å². The lowest BCUT2D eigenvalue weighted by Gasteiger charge is -2.25. The van der Waals surface area contributed by atoms with E-state index in [0.717, 1.165) is 5.56 Å². The number of esters is 1. The molecule has 0 amide bonds. The standard InChI is InChI=1S/C32H27FN2O5S/c1-4-16-39-25-15-12-23(18-26(25)38-3)29-28(31(37)40-19-22-8-6-5-7-9-22)20(2)34-32-35(29)30(36)27(41-32)17-21-10-13-24(33)14-11-21/h4-15,17-18,29H,1,16,19H2,2-3H3/b27-17-. The Morgan fingerprint density at radius 1 is 1.10 bits per heavy atom. The number of hydrogen-bond donors (Lipinski definition) is 0. The number of halogens is 1. The van der Waals surface area contributed by atoms with Crippen molar-refractivity contribution in [3.05, 3.63) is 139 Å². The third kappa shape index (κ3) is 5.90. The Morgan fingerprint density at radius 2 is 1.85 bits per heavy atom. The summed E-state index contributed by atoms with van der Waals surface area (Å²) < 4.78 is 32.3. The molecule has 2 heterocycles. The maximum absolute atomic E-state index is 13.9. The largest absolute Gasteiger partial charge is 0.493 e. The monoisotopic (exact) mass is 570 g/mol. The van der Waals surface area contributed by atoms with Crippen LogP contribution in [0.4, 0.5) is 4.39 Å². The lowest BCUT2D eigenvalue weighted by Crippen LogP contribution is -2.39. The van der Waals surface area contributed by atoms with Crippen LogP contribution in [0.25, 0.3) is 6.08 Å². The van der Waals surface area contributed by atoms with Crippen molar-refractivity contribution in [2.75, 3.05) is 13.7 Å². The molecule has 0 saturated carbocycles. The molecule has 208 valence electrons. The molecule has 3 aromatic carbocycles. The first-order valence-electron chi connectivity index (χ1n) is 12.8. The number of benzene rings is 3. The van der Waals surface area contributed by atoms with Crippen molar-refractivity contribution in [1.82, 2.24) is 4.57 Å². The van der Waals surface area contributed by atoms with Gasteiger partial charge in [0.2, 0.25) is 0 Å². The third-order valence-electron chi connectivity index (χ3n) is 6.48. The number of ether oxygens (including phenoxy) is 3. The average Bonchev–Trinajstić information content (AvgIpc) is 3.29. The van der Waals surface area contributed by atoms with Gasteiger partial charge in [0.25, 0.3) is 5.56 Å². The quantitative estimate of drug-likeness (QED) is 0.216. The molecule has 0 saturated heterocycles. The summed E-state index contributed by atoms with van der Waals surface area (Å²) in [6, 6.07) is 19.6. The molecule has 41 heavy (non-hydrogen) atoms. The molecule has 0 spiro atoms. The summed E-state index contributed by atoms with van der Waals surface area (Å²) >= 11 is 1.19. The molecule has 9 heteroatoms. The SMILES string of the molecule is C=CCOc1ccc(C2C(C(=O)OCc3ccccc3)=C(C)N=c3s/c(=C\c4ccc(F)cc4)c(=O)n32)cc1OC. The van der Waals surface area contributed by atoms with Crippen LogP contribution >= 0.6 is 11.3 Å². The second-order valence-electron chi connectivity index (χ2n) is 9.21. The molecule has 0 aliphatic carbocycles. The molecule has 0 fully saturated rings. The Bertz CT molecular complexity index is 1810. The van der Waals surface area contributed by atoms with Crippen molar-refractivity contribution in [2.24, 2.45) is 4.99 Å². The van der Waals surface area contributed by atoms with E-state index >= 15 is 0 Å². The van der Waals surface area contributed by atoms with Crippen molar-refractivity contribution < 1.29 is 23.4 Å². The number of fused-ring (bicyclic) bond motifs is 1. The number of allylic oxidation sites excluding steroid dienone is 1. The van der Waals surface area contributed by atoms with E-state index in [9.17, 15) is 14.0 Å². The molecular formula is C32H27FN2O5S.